The second-order valence-electron chi connectivity index (χ2n) is 14.6. The molecule has 3 amide bonds. The van der Waals surface area contributed by atoms with E-state index < -0.39 is 60.0 Å². The fourth-order valence-corrected chi connectivity index (χ4v) is 7.39. The molecule has 3 heterocycles. The molecule has 0 radical (unpaired) electrons. The predicted molar refractivity (Wildman–Crippen MR) is 165 cm³/mol. The molecule has 0 aromatic carbocycles. The zero-order valence-corrected chi connectivity index (χ0v) is 28.4. The highest BCUT2D eigenvalue weighted by atomic mass is 16.7. The van der Waals surface area contributed by atoms with E-state index in [2.05, 4.69) is 5.32 Å². The number of carbonyl (C=O) groups excluding carboxylic acids is 3. The van der Waals surface area contributed by atoms with Gasteiger partial charge in [-0.05, 0) is 65.5 Å². The summed E-state index contributed by atoms with van der Waals surface area (Å²) < 4.78 is 12.5. The highest BCUT2D eigenvalue weighted by Gasteiger charge is 2.48. The monoisotopic (exact) mass is 626 g/mol. The highest BCUT2D eigenvalue weighted by Crippen LogP contribution is 2.35. The van der Waals surface area contributed by atoms with Gasteiger partial charge in [0.15, 0.2) is 6.29 Å². The number of aliphatic hydroxyl groups excluding tert-OH is 2. The Morgan fingerprint density at radius 1 is 1.07 bits per heavy atom. The van der Waals surface area contributed by atoms with Crippen LogP contribution in [0.2, 0.25) is 0 Å². The number of hydrogen-bond donors (Lipinski definition) is 4. The Morgan fingerprint density at radius 3 is 2.30 bits per heavy atom. The summed E-state index contributed by atoms with van der Waals surface area (Å²) in [5.41, 5.74) is -1.54. The van der Waals surface area contributed by atoms with Crippen LogP contribution in [0.15, 0.2) is 0 Å². The predicted octanol–water partition coefficient (Wildman–Crippen LogP) is 0.812. The lowest BCUT2D eigenvalue weighted by molar-refractivity contribution is -0.299. The van der Waals surface area contributed by atoms with Crippen LogP contribution in [0, 0.1) is 23.7 Å². The summed E-state index contributed by atoms with van der Waals surface area (Å²) >= 11 is 0. The second kappa shape index (κ2) is 14.7. The molecule has 0 aromatic rings. The van der Waals surface area contributed by atoms with Crippen LogP contribution in [-0.4, -0.2) is 136 Å². The minimum absolute atomic E-state index is 0.171. The third-order valence-electron chi connectivity index (χ3n) is 9.89. The van der Waals surface area contributed by atoms with Crippen molar-refractivity contribution < 1.29 is 39.2 Å². The molecule has 3 aliphatic heterocycles. The molecule has 3 aliphatic rings. The number of rotatable bonds is 4. The molecular formula is C32H58N4O8. The first-order chi connectivity index (χ1) is 20.4. The van der Waals surface area contributed by atoms with E-state index in [0.717, 1.165) is 0 Å². The molecule has 4 N–H and O–H groups in total. The molecule has 0 saturated carbocycles. The smallest absolute Gasteiger partial charge is 0.246 e. The standard InChI is InChI=1S/C32H58N4O8/c1-17(2)24-30(41)36-13-11-12-22(36)29(40)35(10)16-18(3)15-32(7,42)27(20(5)25(37)21(6)28(39)33-24)44-31-26(38)23(34(8)9)14-19(4)43-31/h17-27,31,37-38,42H,11-16H2,1-10H3,(H,33,39)/t18-,19-,20+,21-,22+,23+,24+,25+,26-,27-,31+,32-/m1/s1. The Kier molecular flexibility index (Phi) is 12.3. The lowest BCUT2D eigenvalue weighted by Gasteiger charge is -2.46. The summed E-state index contributed by atoms with van der Waals surface area (Å²) in [6.45, 7) is 13.2. The van der Waals surface area contributed by atoms with Crippen molar-refractivity contribution in [2.24, 2.45) is 23.7 Å². The Balaban J connectivity index is 2.01. The van der Waals surface area contributed by atoms with Gasteiger partial charge in [0.05, 0.1) is 29.8 Å². The van der Waals surface area contributed by atoms with E-state index in [9.17, 15) is 29.7 Å². The van der Waals surface area contributed by atoms with E-state index in [1.807, 2.05) is 46.7 Å². The van der Waals surface area contributed by atoms with E-state index >= 15 is 0 Å². The van der Waals surface area contributed by atoms with E-state index in [0.29, 0.717) is 32.4 Å². The molecule has 12 heteroatoms. The molecule has 3 fully saturated rings. The molecule has 0 aliphatic carbocycles. The average molecular weight is 627 g/mol. The van der Waals surface area contributed by atoms with Gasteiger partial charge in [-0.15, -0.1) is 0 Å². The maximum Gasteiger partial charge on any atom is 0.246 e. The third kappa shape index (κ3) is 8.11. The van der Waals surface area contributed by atoms with Gasteiger partial charge in [-0.2, -0.15) is 0 Å². The van der Waals surface area contributed by atoms with Crippen molar-refractivity contribution >= 4 is 17.7 Å². The summed E-state index contributed by atoms with van der Waals surface area (Å²) in [6.07, 6.45) is -2.62. The van der Waals surface area contributed by atoms with Crippen LogP contribution in [0.3, 0.4) is 0 Å². The number of aliphatic hydroxyl groups is 3. The van der Waals surface area contributed by atoms with Crippen molar-refractivity contribution in [1.82, 2.24) is 20.0 Å². The van der Waals surface area contributed by atoms with Gasteiger partial charge in [0, 0.05) is 32.1 Å². The lowest BCUT2D eigenvalue weighted by Crippen LogP contribution is -2.60. The van der Waals surface area contributed by atoms with Crippen LogP contribution in [0.4, 0.5) is 0 Å². The number of likely N-dealkylation sites (N-methyl/N-ethyl adjacent to an activating group) is 2. The minimum Gasteiger partial charge on any atom is -0.392 e. The van der Waals surface area contributed by atoms with Crippen molar-refractivity contribution in [3.05, 3.63) is 0 Å². The van der Waals surface area contributed by atoms with Gasteiger partial charge in [0.2, 0.25) is 17.7 Å². The quantitative estimate of drug-likeness (QED) is 0.355. The first-order valence-electron chi connectivity index (χ1n) is 16.3. The fraction of sp³-hybridized carbons (Fsp3) is 0.906. The fourth-order valence-electron chi connectivity index (χ4n) is 7.39. The molecule has 0 bridgehead atoms. The number of hydrogen-bond acceptors (Lipinski definition) is 9. The first-order valence-corrected chi connectivity index (χ1v) is 16.3. The molecule has 0 spiro atoms. The number of fused-ring (bicyclic) bond motifs is 1. The van der Waals surface area contributed by atoms with Gasteiger partial charge < -0.3 is 44.8 Å². The zero-order chi connectivity index (χ0) is 33.3. The van der Waals surface area contributed by atoms with Gasteiger partial charge in [-0.3, -0.25) is 14.4 Å². The lowest BCUT2D eigenvalue weighted by atomic mass is 9.77. The Morgan fingerprint density at radius 2 is 1.70 bits per heavy atom. The van der Waals surface area contributed by atoms with Crippen molar-refractivity contribution in [2.45, 2.75) is 129 Å². The Hall–Kier alpha value is -1.83. The maximum absolute atomic E-state index is 13.7. The van der Waals surface area contributed by atoms with Crippen LogP contribution < -0.4 is 5.32 Å². The topological polar surface area (TPSA) is 152 Å². The maximum atomic E-state index is 13.7. The SMILES string of the molecule is CC(C)[C@@H]1NC(=O)[C@H](C)[C@@H](O)[C@H](C)[C@@H](O[C@@H]2O[C@H](C)C[C@H](N(C)C)[C@H]2O)[C@](C)(O)C[C@@H](C)CN(C)C(=O)[C@@H]2CCCN2C1=O. The van der Waals surface area contributed by atoms with Gasteiger partial charge in [0.1, 0.15) is 18.2 Å². The Labute approximate surface area is 263 Å². The number of amides is 3. The zero-order valence-electron chi connectivity index (χ0n) is 28.4. The van der Waals surface area contributed by atoms with Crippen LogP contribution in [0.25, 0.3) is 0 Å². The van der Waals surface area contributed by atoms with Gasteiger partial charge in [-0.25, -0.2) is 0 Å². The van der Waals surface area contributed by atoms with E-state index in [1.165, 1.54) is 0 Å². The van der Waals surface area contributed by atoms with E-state index in [1.54, 1.807) is 37.6 Å². The Bertz CT molecular complexity index is 1010. The van der Waals surface area contributed by atoms with Crippen molar-refractivity contribution in [3.63, 3.8) is 0 Å². The molecule has 44 heavy (non-hydrogen) atoms. The van der Waals surface area contributed by atoms with Crippen LogP contribution in [0.1, 0.15) is 74.1 Å². The van der Waals surface area contributed by atoms with Gasteiger partial charge >= 0.3 is 0 Å². The average Bonchev–Trinajstić information content (AvgIpc) is 3.42. The molecular weight excluding hydrogens is 568 g/mol. The largest absolute Gasteiger partial charge is 0.392 e. The van der Waals surface area contributed by atoms with Gasteiger partial charge in [0.25, 0.3) is 0 Å². The third-order valence-corrected chi connectivity index (χ3v) is 9.89. The molecule has 12 atom stereocenters. The molecule has 3 saturated heterocycles. The molecule has 3 rings (SSSR count). The number of nitrogens with one attached hydrogen (secondary N) is 1. The normalized spacial score (nSPS) is 42.2. The molecule has 254 valence electrons. The molecule has 0 unspecified atom stereocenters. The number of nitrogens with zero attached hydrogens (tertiary/aromatic N) is 3. The summed E-state index contributed by atoms with van der Waals surface area (Å²) in [7, 11) is 5.45. The summed E-state index contributed by atoms with van der Waals surface area (Å²) in [6, 6.07) is -1.74. The van der Waals surface area contributed by atoms with E-state index in [4.69, 9.17) is 9.47 Å². The van der Waals surface area contributed by atoms with Crippen molar-refractivity contribution in [3.8, 4) is 0 Å². The summed E-state index contributed by atoms with van der Waals surface area (Å²) in [4.78, 5) is 46.0. The molecule has 0 aromatic heterocycles. The van der Waals surface area contributed by atoms with Gasteiger partial charge in [-0.1, -0.05) is 34.6 Å². The summed E-state index contributed by atoms with van der Waals surface area (Å²) in [5.74, 6) is -3.17. The van der Waals surface area contributed by atoms with Crippen molar-refractivity contribution in [2.75, 3.05) is 34.2 Å². The minimum atomic E-state index is -1.54. The van der Waals surface area contributed by atoms with Crippen LogP contribution in [0.5, 0.6) is 0 Å². The highest BCUT2D eigenvalue weighted by molar-refractivity contribution is 5.93. The molecule has 12 nitrogen and oxygen atoms in total. The van der Waals surface area contributed by atoms with Crippen LogP contribution in [-0.2, 0) is 23.9 Å². The first kappa shape index (κ1) is 36.6. The number of ether oxygens (including phenoxy) is 2. The second-order valence-corrected chi connectivity index (χ2v) is 14.6. The summed E-state index contributed by atoms with van der Waals surface area (Å²) in [5, 5.41) is 37.7. The van der Waals surface area contributed by atoms with E-state index in [-0.39, 0.29) is 42.2 Å². The van der Waals surface area contributed by atoms with Crippen molar-refractivity contribution in [1.29, 1.82) is 0 Å². The van der Waals surface area contributed by atoms with Crippen LogP contribution >= 0.6 is 0 Å². The number of carbonyl (C=O) groups is 3.